The van der Waals surface area contributed by atoms with E-state index in [9.17, 15) is 23.2 Å². The average molecular weight is 517 g/mol. The number of carbonyl (C=O) groups excluding carboxylic acids is 3. The van der Waals surface area contributed by atoms with Crippen molar-refractivity contribution >= 4 is 58.5 Å². The molecule has 186 valence electrons. The summed E-state index contributed by atoms with van der Waals surface area (Å²) in [5.41, 5.74) is 0. The van der Waals surface area contributed by atoms with Gasteiger partial charge in [0, 0.05) is 13.8 Å². The minimum Gasteiger partial charge on any atom is -0.465 e. The molecule has 34 heavy (non-hydrogen) atoms. The second kappa shape index (κ2) is 21.7. The van der Waals surface area contributed by atoms with Gasteiger partial charge >= 0.3 is 24.8 Å². The molecule has 3 N–H and O–H groups in total. The number of aliphatic hydroxyl groups is 1. The number of esters is 1. The molecule has 0 unspecified atom stereocenters. The molecule has 0 saturated heterocycles. The summed E-state index contributed by atoms with van der Waals surface area (Å²) >= 11 is 1.28. The summed E-state index contributed by atoms with van der Waals surface area (Å²) in [5.74, 6) is -3.69. The first-order valence-corrected chi connectivity index (χ1v) is 11.2. The van der Waals surface area contributed by atoms with E-state index in [4.69, 9.17) is 9.18 Å². The second-order valence-corrected chi connectivity index (χ2v) is 7.65. The topological polar surface area (TPSA) is 131 Å². The molecule has 2 rings (SSSR count). The fourth-order valence-corrected chi connectivity index (χ4v) is 2.80. The van der Waals surface area contributed by atoms with Crippen molar-refractivity contribution < 1.29 is 54.6 Å². The van der Waals surface area contributed by atoms with E-state index in [1.165, 1.54) is 34.5 Å². The van der Waals surface area contributed by atoms with Crippen LogP contribution in [0.2, 0.25) is 6.32 Å². The van der Waals surface area contributed by atoms with Crippen LogP contribution in [-0.4, -0.2) is 49.1 Å². The first kappa shape index (κ1) is 30.2. The van der Waals surface area contributed by atoms with E-state index in [2.05, 4.69) is 39.2 Å². The number of methoxy groups -OCH3 is 1. The minimum absolute atomic E-state index is 0. The smallest absolute Gasteiger partial charge is 0.465 e. The molecule has 0 spiro atoms. The average Bonchev–Trinajstić information content (AvgIpc) is 3.34. The van der Waals surface area contributed by atoms with E-state index in [0.717, 1.165) is 24.8 Å². The molecule has 0 aromatic carbocycles. The van der Waals surface area contributed by atoms with Gasteiger partial charge in [0.25, 0.3) is 0 Å². The van der Waals surface area contributed by atoms with Crippen molar-refractivity contribution in [1.29, 1.82) is 1.34 Å². The third-order valence-corrected chi connectivity index (χ3v) is 4.49. The van der Waals surface area contributed by atoms with Gasteiger partial charge in [-0.25, -0.2) is 11.1 Å². The van der Waals surface area contributed by atoms with E-state index < -0.39 is 35.2 Å². The predicted octanol–water partition coefficient (Wildman–Crippen LogP) is 0.896. The standard InChI is InChI=1S/C7H7FN2O3S.C6H7FN2O2S.C4H10.C2H6B.Li/c1-3(11)9-7-10-5(8)4(14-7)6(12)13-2;1-3(11)8-6-9-5(7)4(2-10)12-6;1-3-4-2;1-2-3;/h1-2H3,(H,9,10,11);10H,2H2,1H3,(H,8,9,11);3-4H2,1-2H3;3H,2H2,1H3;/q;;;-1;+1/i;2D2;;3D;. The molecule has 0 aliphatic heterocycles. The van der Waals surface area contributed by atoms with E-state index in [1.807, 2.05) is 6.92 Å². The van der Waals surface area contributed by atoms with Gasteiger partial charge in [-0.2, -0.15) is 18.7 Å². The van der Waals surface area contributed by atoms with Gasteiger partial charge < -0.3 is 29.6 Å². The number of unbranched alkanes of at least 4 members (excludes halogenated alkanes) is 1. The van der Waals surface area contributed by atoms with Crippen LogP contribution in [0.3, 0.4) is 0 Å². The zero-order chi connectivity index (χ0) is 28.5. The molecule has 9 nitrogen and oxygen atoms in total. The zero-order valence-electron chi connectivity index (χ0n) is 23.2. The molecule has 0 aliphatic carbocycles. The number of thiazole rings is 2. The fourth-order valence-electron chi connectivity index (χ4n) is 1.30. The van der Waals surface area contributed by atoms with Crippen LogP contribution in [-0.2, 0) is 20.9 Å². The van der Waals surface area contributed by atoms with Gasteiger partial charge in [0.1, 0.15) is 0 Å². The molecule has 15 heteroatoms. The predicted molar refractivity (Wildman–Crippen MR) is 128 cm³/mol. The fraction of sp³-hybridized carbons (Fsp3) is 0.526. The summed E-state index contributed by atoms with van der Waals surface area (Å²) in [6, 6.07) is 0. The number of nitrogens with zero attached hydrogens (tertiary/aromatic N) is 2. The van der Waals surface area contributed by atoms with Crippen LogP contribution in [0.1, 0.15) is 64.8 Å². The third kappa shape index (κ3) is 16.7. The number of amides is 2. The van der Waals surface area contributed by atoms with Gasteiger partial charge in [-0.1, -0.05) is 49.4 Å². The Morgan fingerprint density at radius 1 is 1.06 bits per heavy atom. The summed E-state index contributed by atoms with van der Waals surface area (Å²) in [7, 11) is 2.51. The number of ether oxygens (including phenoxy) is 1. The van der Waals surface area contributed by atoms with Gasteiger partial charge in [-0.3, -0.25) is 9.59 Å². The van der Waals surface area contributed by atoms with E-state index in [-0.39, 0.29) is 39.9 Å². The minimum atomic E-state index is -2.78. The Hall–Kier alpha value is -1.85. The summed E-state index contributed by atoms with van der Waals surface area (Å²) in [6.07, 6.45) is 3.50. The van der Waals surface area contributed by atoms with Crippen molar-refractivity contribution in [2.45, 2.75) is 60.3 Å². The molecule has 0 aliphatic rings. The molecule has 0 saturated carbocycles. The third-order valence-electron chi connectivity index (χ3n) is 2.71. The van der Waals surface area contributed by atoms with Gasteiger partial charge in [0.2, 0.25) is 23.7 Å². The molecule has 0 atom stereocenters. The maximum absolute atomic E-state index is 12.9. The number of aromatic nitrogens is 2. The maximum Gasteiger partial charge on any atom is 1.00 e. The van der Waals surface area contributed by atoms with Crippen molar-refractivity contribution in [3.63, 3.8) is 0 Å². The Morgan fingerprint density at radius 2 is 1.50 bits per heavy atom. The number of halogens is 2. The number of carbonyl (C=O) groups is 3. The Labute approximate surface area is 223 Å². The SMILES string of the molecule is CCCC.COC(=O)c1sc(NC(C)=O)nc1F.[2H]C([2H])(O)c1sc(NC(C)=O)nc1F.[2H][B-]CC.[Li+]. The first-order chi connectivity index (χ1) is 16.7. The Balaban J connectivity index is -0.000000476. The number of hydrogen-bond acceptors (Lipinski definition) is 9. The quantitative estimate of drug-likeness (QED) is 0.384. The van der Waals surface area contributed by atoms with Crippen LogP contribution in [0.15, 0.2) is 0 Å². The van der Waals surface area contributed by atoms with Crippen molar-refractivity contribution in [2.24, 2.45) is 0 Å². The van der Waals surface area contributed by atoms with Crippen molar-refractivity contribution in [3.05, 3.63) is 21.6 Å². The molecule has 2 radical (unpaired) electrons. The van der Waals surface area contributed by atoms with Gasteiger partial charge in [-0.05, 0) is 0 Å². The van der Waals surface area contributed by atoms with Crippen molar-refractivity contribution in [3.8, 4) is 0 Å². The molecule has 2 amide bonds. The normalized spacial score (nSPS) is 10.6. The van der Waals surface area contributed by atoms with Gasteiger partial charge in [0.05, 0.1) is 21.3 Å². The number of nitrogens with one attached hydrogen (secondary N) is 2. The largest absolute Gasteiger partial charge is 1.00 e. The van der Waals surface area contributed by atoms with Crippen molar-refractivity contribution in [2.75, 3.05) is 17.7 Å². The zero-order valence-corrected chi connectivity index (χ0v) is 21.9. The number of hydrogen-bond donors (Lipinski definition) is 3. The molecular formula is C19H30BF2LiN4O5S2. The maximum atomic E-state index is 12.9. The van der Waals surface area contributed by atoms with Crippen LogP contribution in [0.5, 0.6) is 0 Å². The summed E-state index contributed by atoms with van der Waals surface area (Å²) in [5, 5.41) is 13.3. The molecule has 2 aromatic heterocycles. The van der Waals surface area contributed by atoms with Crippen LogP contribution in [0.4, 0.5) is 19.0 Å². The summed E-state index contributed by atoms with van der Waals surface area (Å²) in [4.78, 5) is 37.8. The molecular weight excluding hydrogens is 484 g/mol. The number of rotatable bonds is 6. The van der Waals surface area contributed by atoms with Crippen LogP contribution in [0.25, 0.3) is 0 Å². The molecule has 0 fully saturated rings. The van der Waals surface area contributed by atoms with Crippen molar-refractivity contribution in [1.82, 2.24) is 9.97 Å². The Kier molecular flexibility index (Phi) is 19.2. The second-order valence-electron chi connectivity index (χ2n) is 5.65. The van der Waals surface area contributed by atoms with Crippen LogP contribution >= 0.6 is 22.7 Å². The summed E-state index contributed by atoms with van der Waals surface area (Å²) < 4.78 is 50.2. The van der Waals surface area contributed by atoms with E-state index in [1.54, 1.807) is 0 Å². The van der Waals surface area contributed by atoms with Gasteiger partial charge in [0.15, 0.2) is 15.1 Å². The molecule has 2 aromatic rings. The van der Waals surface area contributed by atoms with Gasteiger partial charge in [-0.15, -0.1) is 6.92 Å². The molecule has 2 heterocycles. The van der Waals surface area contributed by atoms with Crippen LogP contribution in [0, 0.1) is 11.9 Å². The Morgan fingerprint density at radius 3 is 1.82 bits per heavy atom. The summed E-state index contributed by atoms with van der Waals surface area (Å²) in [6.45, 7) is 6.00. The first-order valence-electron chi connectivity index (χ1n) is 11.1. The monoisotopic (exact) mass is 517 g/mol. The molecule has 0 bridgehead atoms. The number of anilines is 2. The van der Waals surface area contributed by atoms with Crippen LogP contribution < -0.4 is 29.5 Å². The van der Waals surface area contributed by atoms with E-state index in [0.29, 0.717) is 11.3 Å². The van der Waals surface area contributed by atoms with E-state index >= 15 is 0 Å². The Bertz CT molecular complexity index is 961.